The number of likely N-dealkylation sites (N-methyl/N-ethyl adjacent to an activating group) is 1. The van der Waals surface area contributed by atoms with Crippen LogP contribution in [0.15, 0.2) is 28.2 Å². The van der Waals surface area contributed by atoms with Crippen molar-refractivity contribution in [2.75, 3.05) is 6.54 Å². The third-order valence-electron chi connectivity index (χ3n) is 3.51. The lowest BCUT2D eigenvalue weighted by Gasteiger charge is -2.15. The smallest absolute Gasteiger partial charge is 0.0701 e. The number of hydrogen-bond donors (Lipinski definition) is 1. The van der Waals surface area contributed by atoms with Crippen LogP contribution in [-0.4, -0.2) is 16.3 Å². The highest BCUT2D eigenvalue weighted by atomic mass is 79.9. The van der Waals surface area contributed by atoms with Crippen molar-refractivity contribution in [2.45, 2.75) is 45.7 Å². The molecule has 0 aliphatic carbocycles. The normalized spacial score (nSPS) is 14.4. The fourth-order valence-corrected chi connectivity index (χ4v) is 3.66. The molecule has 20 heavy (non-hydrogen) atoms. The zero-order valence-electron chi connectivity index (χ0n) is 12.3. The van der Waals surface area contributed by atoms with E-state index in [1.54, 1.807) is 11.3 Å². The molecule has 2 unspecified atom stereocenters. The zero-order valence-corrected chi connectivity index (χ0v) is 14.7. The van der Waals surface area contributed by atoms with E-state index in [0.717, 1.165) is 25.1 Å². The molecule has 0 saturated heterocycles. The number of aromatic nitrogens is 2. The van der Waals surface area contributed by atoms with E-state index in [-0.39, 0.29) is 0 Å². The van der Waals surface area contributed by atoms with Crippen LogP contribution in [0.3, 0.4) is 0 Å². The number of nitrogens with one attached hydrogen (secondary N) is 1. The fourth-order valence-electron chi connectivity index (χ4n) is 2.16. The van der Waals surface area contributed by atoms with Crippen LogP contribution in [0.1, 0.15) is 49.8 Å². The summed E-state index contributed by atoms with van der Waals surface area (Å²) in [5, 5.41) is 8.26. The van der Waals surface area contributed by atoms with Crippen molar-refractivity contribution in [3.8, 4) is 0 Å². The molecule has 0 radical (unpaired) electrons. The van der Waals surface area contributed by atoms with Crippen molar-refractivity contribution in [1.82, 2.24) is 15.1 Å². The molecule has 2 heterocycles. The van der Waals surface area contributed by atoms with E-state index in [1.807, 2.05) is 0 Å². The van der Waals surface area contributed by atoms with Crippen LogP contribution < -0.4 is 5.32 Å². The average Bonchev–Trinajstić information content (AvgIpc) is 3.06. The van der Waals surface area contributed by atoms with Gasteiger partial charge in [0, 0.05) is 29.6 Å². The van der Waals surface area contributed by atoms with E-state index in [0.29, 0.717) is 12.1 Å². The van der Waals surface area contributed by atoms with E-state index < -0.39 is 0 Å². The molecular weight excluding hydrogens is 334 g/mol. The molecule has 5 heteroatoms. The van der Waals surface area contributed by atoms with Crippen LogP contribution in [0, 0.1) is 0 Å². The summed E-state index contributed by atoms with van der Waals surface area (Å²) in [5.41, 5.74) is 1.15. The summed E-state index contributed by atoms with van der Waals surface area (Å²) in [5.74, 6) is 0. The number of nitrogens with zero attached hydrogens (tertiary/aromatic N) is 2. The summed E-state index contributed by atoms with van der Waals surface area (Å²) in [6, 6.07) is 7.25. The van der Waals surface area contributed by atoms with Crippen LogP contribution >= 0.6 is 27.3 Å². The van der Waals surface area contributed by atoms with E-state index in [9.17, 15) is 0 Å². The van der Waals surface area contributed by atoms with E-state index in [1.165, 1.54) is 8.66 Å². The van der Waals surface area contributed by atoms with Gasteiger partial charge in [-0.05, 0) is 54.0 Å². The van der Waals surface area contributed by atoms with Crippen molar-refractivity contribution < 1.29 is 0 Å². The second-order valence-electron chi connectivity index (χ2n) is 5.00. The Morgan fingerprint density at radius 1 is 1.35 bits per heavy atom. The quantitative estimate of drug-likeness (QED) is 0.788. The molecular formula is C15H22BrN3S. The van der Waals surface area contributed by atoms with Crippen molar-refractivity contribution in [2.24, 2.45) is 0 Å². The number of rotatable bonds is 7. The van der Waals surface area contributed by atoms with Gasteiger partial charge < -0.3 is 5.32 Å². The Morgan fingerprint density at radius 2 is 2.15 bits per heavy atom. The molecule has 0 aromatic carbocycles. The first-order valence-corrected chi connectivity index (χ1v) is 8.77. The predicted molar refractivity (Wildman–Crippen MR) is 89.4 cm³/mol. The second kappa shape index (κ2) is 7.38. The van der Waals surface area contributed by atoms with Crippen LogP contribution in [-0.2, 0) is 6.42 Å². The molecule has 2 aromatic heterocycles. The molecule has 1 N–H and O–H groups in total. The van der Waals surface area contributed by atoms with Crippen molar-refractivity contribution >= 4 is 27.3 Å². The Labute approximate surface area is 133 Å². The lowest BCUT2D eigenvalue weighted by atomic mass is 10.1. The molecule has 2 atom stereocenters. The minimum absolute atomic E-state index is 0.344. The predicted octanol–water partition coefficient (Wildman–Crippen LogP) is 4.57. The van der Waals surface area contributed by atoms with Crippen molar-refractivity contribution in [3.63, 3.8) is 0 Å². The van der Waals surface area contributed by atoms with Crippen LogP contribution in [0.5, 0.6) is 0 Å². The van der Waals surface area contributed by atoms with E-state index in [4.69, 9.17) is 5.10 Å². The molecule has 0 aliphatic rings. The maximum absolute atomic E-state index is 4.70. The van der Waals surface area contributed by atoms with Gasteiger partial charge in [0.2, 0.25) is 0 Å². The van der Waals surface area contributed by atoms with Gasteiger partial charge >= 0.3 is 0 Å². The molecule has 2 aromatic rings. The van der Waals surface area contributed by atoms with Gasteiger partial charge in [-0.15, -0.1) is 11.3 Å². The first kappa shape index (κ1) is 15.7. The summed E-state index contributed by atoms with van der Waals surface area (Å²) in [7, 11) is 0. The first-order valence-electron chi connectivity index (χ1n) is 7.16. The minimum Gasteiger partial charge on any atom is -0.309 e. The van der Waals surface area contributed by atoms with Gasteiger partial charge in [0.1, 0.15) is 0 Å². The standard InChI is InChI=1S/C15H22BrN3S/c1-4-11(3)19-9-8-12(18-19)10-13(17-5-2)14-6-7-15(16)20-14/h6-9,11,13,17H,4-5,10H2,1-3H3. The molecule has 0 saturated carbocycles. The summed E-state index contributed by atoms with van der Waals surface area (Å²) in [4.78, 5) is 1.36. The summed E-state index contributed by atoms with van der Waals surface area (Å²) < 4.78 is 3.25. The van der Waals surface area contributed by atoms with Gasteiger partial charge in [0.25, 0.3) is 0 Å². The molecule has 0 amide bonds. The minimum atomic E-state index is 0.344. The van der Waals surface area contributed by atoms with Crippen molar-refractivity contribution in [1.29, 1.82) is 0 Å². The highest BCUT2D eigenvalue weighted by Gasteiger charge is 2.15. The topological polar surface area (TPSA) is 29.9 Å². The largest absolute Gasteiger partial charge is 0.309 e. The van der Waals surface area contributed by atoms with E-state index in [2.05, 4.69) is 71.1 Å². The van der Waals surface area contributed by atoms with E-state index >= 15 is 0 Å². The third kappa shape index (κ3) is 3.93. The average molecular weight is 356 g/mol. The van der Waals surface area contributed by atoms with Gasteiger partial charge in [0.15, 0.2) is 0 Å². The zero-order chi connectivity index (χ0) is 14.5. The van der Waals surface area contributed by atoms with Crippen LogP contribution in [0.2, 0.25) is 0 Å². The highest BCUT2D eigenvalue weighted by Crippen LogP contribution is 2.29. The van der Waals surface area contributed by atoms with Gasteiger partial charge in [-0.2, -0.15) is 5.10 Å². The molecule has 2 rings (SSSR count). The Morgan fingerprint density at radius 3 is 2.75 bits per heavy atom. The monoisotopic (exact) mass is 355 g/mol. The van der Waals surface area contributed by atoms with Gasteiger partial charge in [-0.25, -0.2) is 0 Å². The molecule has 0 spiro atoms. The second-order valence-corrected chi connectivity index (χ2v) is 7.50. The molecule has 0 bridgehead atoms. The van der Waals surface area contributed by atoms with Crippen molar-refractivity contribution in [3.05, 3.63) is 38.8 Å². The Hall–Kier alpha value is -0.650. The first-order chi connectivity index (χ1) is 9.63. The lowest BCUT2D eigenvalue weighted by molar-refractivity contribution is 0.467. The molecule has 110 valence electrons. The fraction of sp³-hybridized carbons (Fsp3) is 0.533. The Bertz CT molecular complexity index is 535. The van der Waals surface area contributed by atoms with Gasteiger partial charge in [-0.3, -0.25) is 4.68 Å². The van der Waals surface area contributed by atoms with Crippen LogP contribution in [0.4, 0.5) is 0 Å². The summed E-state index contributed by atoms with van der Waals surface area (Å²) in [6.45, 7) is 7.51. The summed E-state index contributed by atoms with van der Waals surface area (Å²) >= 11 is 5.33. The molecule has 0 aliphatic heterocycles. The third-order valence-corrected chi connectivity index (χ3v) is 5.24. The lowest BCUT2D eigenvalue weighted by Crippen LogP contribution is -2.22. The number of hydrogen-bond acceptors (Lipinski definition) is 3. The van der Waals surface area contributed by atoms with Crippen LogP contribution in [0.25, 0.3) is 0 Å². The summed E-state index contributed by atoms with van der Waals surface area (Å²) in [6.07, 6.45) is 4.14. The molecule has 3 nitrogen and oxygen atoms in total. The number of halogens is 1. The SMILES string of the molecule is CCNC(Cc1ccn(C(C)CC)n1)c1ccc(Br)s1. The van der Waals surface area contributed by atoms with Gasteiger partial charge in [-0.1, -0.05) is 13.8 Å². The highest BCUT2D eigenvalue weighted by molar-refractivity contribution is 9.11. The number of thiophene rings is 1. The Balaban J connectivity index is 2.10. The maximum atomic E-state index is 4.70. The maximum Gasteiger partial charge on any atom is 0.0701 e. The van der Waals surface area contributed by atoms with Gasteiger partial charge in [0.05, 0.1) is 9.48 Å². The Kier molecular flexibility index (Phi) is 5.81. The molecule has 0 fully saturated rings.